The molecule has 0 bridgehead atoms. The molecular formula is C16H20BNO3. The molecule has 0 amide bonds. The van der Waals surface area contributed by atoms with Crippen molar-refractivity contribution in [1.82, 2.24) is 0 Å². The molecule has 0 atom stereocenters. The molecule has 0 aromatic heterocycles. The van der Waals surface area contributed by atoms with Crippen LogP contribution in [0.3, 0.4) is 0 Å². The summed E-state index contributed by atoms with van der Waals surface area (Å²) >= 11 is 0. The van der Waals surface area contributed by atoms with Crippen LogP contribution in [-0.4, -0.2) is 37.4 Å². The van der Waals surface area contributed by atoms with Crippen LogP contribution in [0.2, 0.25) is 0 Å². The van der Waals surface area contributed by atoms with E-state index in [1.807, 2.05) is 7.05 Å². The largest absolute Gasteiger partial charge is 0.492 e. The van der Waals surface area contributed by atoms with Gasteiger partial charge in [-0.25, -0.2) is 0 Å². The number of likely N-dealkylation sites (N-methyl/N-ethyl adjacent to an activating group) is 1. The molecule has 0 spiro atoms. The van der Waals surface area contributed by atoms with Crippen LogP contribution < -0.4 is 15.1 Å². The van der Waals surface area contributed by atoms with Crippen LogP contribution in [0.1, 0.15) is 5.56 Å². The van der Waals surface area contributed by atoms with E-state index in [9.17, 15) is 0 Å². The Hall–Kier alpha value is -1.98. The van der Waals surface area contributed by atoms with E-state index in [2.05, 4.69) is 36.1 Å². The van der Waals surface area contributed by atoms with E-state index in [0.29, 0.717) is 17.8 Å². The standard InChI is InChI=1S/C16H20BNO3/c1-13-6-8-15(9-7-13)18(2)10-11-21-16-5-3-4-14(12-16)17(19)20/h3-9,12,19-20H,10-11H2,1-2H3. The highest BCUT2D eigenvalue weighted by molar-refractivity contribution is 6.58. The van der Waals surface area contributed by atoms with Gasteiger partial charge in [-0.15, -0.1) is 0 Å². The van der Waals surface area contributed by atoms with Crippen LogP contribution in [0.5, 0.6) is 5.75 Å². The molecule has 110 valence electrons. The first-order valence-electron chi connectivity index (χ1n) is 6.93. The summed E-state index contributed by atoms with van der Waals surface area (Å²) in [6.07, 6.45) is 0. The molecule has 0 saturated heterocycles. The molecule has 0 saturated carbocycles. The first kappa shape index (κ1) is 15.4. The van der Waals surface area contributed by atoms with Crippen LogP contribution in [0.25, 0.3) is 0 Å². The van der Waals surface area contributed by atoms with E-state index in [-0.39, 0.29) is 0 Å². The fourth-order valence-corrected chi connectivity index (χ4v) is 1.99. The first-order chi connectivity index (χ1) is 10.1. The lowest BCUT2D eigenvalue weighted by Crippen LogP contribution is -2.29. The van der Waals surface area contributed by atoms with E-state index in [1.165, 1.54) is 5.56 Å². The molecule has 4 nitrogen and oxygen atoms in total. The number of aryl methyl sites for hydroxylation is 1. The van der Waals surface area contributed by atoms with E-state index < -0.39 is 7.12 Å². The fraction of sp³-hybridized carbons (Fsp3) is 0.250. The van der Waals surface area contributed by atoms with Crippen LogP contribution in [0.15, 0.2) is 48.5 Å². The smallest absolute Gasteiger partial charge is 0.488 e. The predicted molar refractivity (Wildman–Crippen MR) is 86.2 cm³/mol. The number of rotatable bonds is 6. The van der Waals surface area contributed by atoms with Crippen molar-refractivity contribution in [1.29, 1.82) is 0 Å². The summed E-state index contributed by atoms with van der Waals surface area (Å²) in [7, 11) is 0.547. The van der Waals surface area contributed by atoms with Crippen LogP contribution >= 0.6 is 0 Å². The van der Waals surface area contributed by atoms with Crippen molar-refractivity contribution in [3.8, 4) is 5.75 Å². The van der Waals surface area contributed by atoms with Crippen LogP contribution in [-0.2, 0) is 0 Å². The third kappa shape index (κ3) is 4.51. The maximum atomic E-state index is 9.12. The number of hydrogen-bond donors (Lipinski definition) is 2. The molecular weight excluding hydrogens is 265 g/mol. The van der Waals surface area contributed by atoms with Gasteiger partial charge in [-0.3, -0.25) is 0 Å². The maximum absolute atomic E-state index is 9.12. The highest BCUT2D eigenvalue weighted by atomic mass is 16.5. The van der Waals surface area contributed by atoms with Gasteiger partial charge >= 0.3 is 7.12 Å². The molecule has 2 aromatic carbocycles. The second-order valence-electron chi connectivity index (χ2n) is 5.05. The lowest BCUT2D eigenvalue weighted by molar-refractivity contribution is 0.326. The Balaban J connectivity index is 1.86. The molecule has 0 aliphatic heterocycles. The van der Waals surface area contributed by atoms with Crippen LogP contribution in [0, 0.1) is 6.92 Å². The Morgan fingerprint density at radius 1 is 1.10 bits per heavy atom. The maximum Gasteiger partial charge on any atom is 0.488 e. The van der Waals surface area contributed by atoms with Gasteiger partial charge in [0.1, 0.15) is 12.4 Å². The Kier molecular flexibility index (Phi) is 5.25. The van der Waals surface area contributed by atoms with E-state index in [1.54, 1.807) is 24.3 Å². The van der Waals surface area contributed by atoms with Gasteiger partial charge in [0.05, 0.1) is 6.54 Å². The Bertz CT molecular complexity index is 572. The second kappa shape index (κ2) is 7.15. The topological polar surface area (TPSA) is 52.9 Å². The molecule has 0 unspecified atom stereocenters. The third-order valence-electron chi connectivity index (χ3n) is 3.33. The first-order valence-corrected chi connectivity index (χ1v) is 6.93. The lowest BCUT2D eigenvalue weighted by atomic mass is 9.80. The molecule has 0 aliphatic carbocycles. The van der Waals surface area contributed by atoms with Crippen molar-refractivity contribution < 1.29 is 14.8 Å². The van der Waals surface area contributed by atoms with Crippen molar-refractivity contribution in [2.45, 2.75) is 6.92 Å². The molecule has 0 heterocycles. The summed E-state index contributed by atoms with van der Waals surface area (Å²) in [5.41, 5.74) is 2.81. The van der Waals surface area contributed by atoms with Crippen molar-refractivity contribution in [2.75, 3.05) is 25.1 Å². The van der Waals surface area contributed by atoms with E-state index in [0.717, 1.165) is 12.2 Å². The Morgan fingerprint density at radius 2 is 1.81 bits per heavy atom. The molecule has 5 heteroatoms. The summed E-state index contributed by atoms with van der Waals surface area (Å²) < 4.78 is 5.65. The zero-order valence-corrected chi connectivity index (χ0v) is 12.4. The summed E-state index contributed by atoms with van der Waals surface area (Å²) in [4.78, 5) is 2.12. The van der Waals surface area contributed by atoms with Gasteiger partial charge in [0, 0.05) is 12.7 Å². The quantitative estimate of drug-likeness (QED) is 0.783. The molecule has 2 rings (SSSR count). The number of anilines is 1. The minimum Gasteiger partial charge on any atom is -0.492 e. The number of nitrogens with zero attached hydrogens (tertiary/aromatic N) is 1. The molecule has 2 N–H and O–H groups in total. The zero-order valence-electron chi connectivity index (χ0n) is 12.4. The third-order valence-corrected chi connectivity index (χ3v) is 3.33. The predicted octanol–water partition coefficient (Wildman–Crippen LogP) is 1.19. The summed E-state index contributed by atoms with van der Waals surface area (Å²) in [5.74, 6) is 0.637. The normalized spacial score (nSPS) is 10.3. The van der Waals surface area contributed by atoms with E-state index >= 15 is 0 Å². The summed E-state index contributed by atoms with van der Waals surface area (Å²) in [6.45, 7) is 3.33. The number of hydrogen-bond acceptors (Lipinski definition) is 4. The van der Waals surface area contributed by atoms with E-state index in [4.69, 9.17) is 14.8 Å². The van der Waals surface area contributed by atoms with Gasteiger partial charge in [0.25, 0.3) is 0 Å². The second-order valence-corrected chi connectivity index (χ2v) is 5.05. The average molecular weight is 285 g/mol. The monoisotopic (exact) mass is 285 g/mol. The van der Waals surface area contributed by atoms with Crippen molar-refractivity contribution >= 4 is 18.3 Å². The van der Waals surface area contributed by atoms with Gasteiger partial charge < -0.3 is 19.7 Å². The lowest BCUT2D eigenvalue weighted by Gasteiger charge is -2.19. The molecule has 2 aromatic rings. The summed E-state index contributed by atoms with van der Waals surface area (Å²) in [5, 5.41) is 18.2. The van der Waals surface area contributed by atoms with Gasteiger partial charge in [0.2, 0.25) is 0 Å². The van der Waals surface area contributed by atoms with Crippen molar-refractivity contribution in [3.05, 3.63) is 54.1 Å². The Morgan fingerprint density at radius 3 is 2.48 bits per heavy atom. The van der Waals surface area contributed by atoms with Gasteiger partial charge in [0.15, 0.2) is 0 Å². The fourth-order valence-electron chi connectivity index (χ4n) is 1.99. The molecule has 0 fully saturated rings. The average Bonchev–Trinajstić information content (AvgIpc) is 2.48. The number of benzene rings is 2. The minimum absolute atomic E-state index is 0.430. The SMILES string of the molecule is Cc1ccc(N(C)CCOc2cccc(B(O)O)c2)cc1. The van der Waals surface area contributed by atoms with Gasteiger partial charge in [-0.1, -0.05) is 29.8 Å². The van der Waals surface area contributed by atoms with Crippen molar-refractivity contribution in [2.24, 2.45) is 0 Å². The van der Waals surface area contributed by atoms with Crippen LogP contribution in [0.4, 0.5) is 5.69 Å². The van der Waals surface area contributed by atoms with Crippen molar-refractivity contribution in [3.63, 3.8) is 0 Å². The molecule has 0 aliphatic rings. The molecule has 21 heavy (non-hydrogen) atoms. The summed E-state index contributed by atoms with van der Waals surface area (Å²) in [6, 6.07) is 15.2. The zero-order chi connectivity index (χ0) is 15.2. The van der Waals surface area contributed by atoms with Gasteiger partial charge in [-0.2, -0.15) is 0 Å². The number of ether oxygens (including phenoxy) is 1. The van der Waals surface area contributed by atoms with Gasteiger partial charge in [-0.05, 0) is 36.7 Å². The Labute approximate surface area is 125 Å². The minimum atomic E-state index is -1.47. The highest BCUT2D eigenvalue weighted by Crippen LogP contribution is 2.13. The molecule has 0 radical (unpaired) electrons. The highest BCUT2D eigenvalue weighted by Gasteiger charge is 2.11.